The summed E-state index contributed by atoms with van der Waals surface area (Å²) in [5.74, 6) is 0.0868. The molecule has 0 saturated carbocycles. The lowest BCUT2D eigenvalue weighted by Gasteiger charge is -2.26. The van der Waals surface area contributed by atoms with Gasteiger partial charge in [0.1, 0.15) is 0 Å². The summed E-state index contributed by atoms with van der Waals surface area (Å²) in [4.78, 5) is 25.7. The van der Waals surface area contributed by atoms with E-state index < -0.39 is 0 Å². The predicted molar refractivity (Wildman–Crippen MR) is 71.2 cm³/mol. The number of hydrogen-bond acceptors (Lipinski definition) is 3. The zero-order valence-electron chi connectivity index (χ0n) is 11.7. The largest absolute Gasteiger partial charge is 0.355 e. The van der Waals surface area contributed by atoms with Crippen LogP contribution in [0.5, 0.6) is 0 Å². The molecule has 1 saturated heterocycles. The summed E-state index contributed by atoms with van der Waals surface area (Å²) in [7, 11) is 0. The fourth-order valence-electron chi connectivity index (χ4n) is 2.28. The van der Waals surface area contributed by atoms with Crippen LogP contribution in [-0.2, 0) is 9.59 Å². The molecule has 0 aromatic rings. The molecule has 18 heavy (non-hydrogen) atoms. The average molecular weight is 255 g/mol. The first-order valence-corrected chi connectivity index (χ1v) is 6.92. The molecule has 1 aliphatic rings. The van der Waals surface area contributed by atoms with Crippen molar-refractivity contribution in [1.82, 2.24) is 15.5 Å². The maximum Gasteiger partial charge on any atom is 0.239 e. The van der Waals surface area contributed by atoms with Gasteiger partial charge < -0.3 is 10.2 Å². The van der Waals surface area contributed by atoms with Crippen molar-refractivity contribution in [2.45, 2.75) is 52.1 Å². The van der Waals surface area contributed by atoms with Gasteiger partial charge in [-0.25, -0.2) is 0 Å². The minimum absolute atomic E-state index is 0.0201. The van der Waals surface area contributed by atoms with Gasteiger partial charge in [0.15, 0.2) is 0 Å². The normalized spacial score (nSPS) is 21.9. The Kier molecular flexibility index (Phi) is 6.12. The molecule has 2 atom stereocenters. The van der Waals surface area contributed by atoms with E-state index in [1.165, 1.54) is 0 Å². The van der Waals surface area contributed by atoms with Crippen molar-refractivity contribution in [3.8, 4) is 0 Å². The summed E-state index contributed by atoms with van der Waals surface area (Å²) >= 11 is 0. The van der Waals surface area contributed by atoms with Crippen molar-refractivity contribution in [3.05, 3.63) is 0 Å². The first-order chi connectivity index (χ1) is 8.60. The highest BCUT2D eigenvalue weighted by Gasteiger charge is 2.26. The van der Waals surface area contributed by atoms with Gasteiger partial charge in [-0.1, -0.05) is 0 Å². The van der Waals surface area contributed by atoms with E-state index in [0.29, 0.717) is 13.1 Å². The Bertz CT molecular complexity index is 290. The van der Waals surface area contributed by atoms with Gasteiger partial charge in [0.05, 0.1) is 12.1 Å². The molecule has 2 unspecified atom stereocenters. The number of carbonyl (C=O) groups excluding carboxylic acids is 2. The van der Waals surface area contributed by atoms with Gasteiger partial charge >= 0.3 is 0 Å². The van der Waals surface area contributed by atoms with Gasteiger partial charge in [0.25, 0.3) is 0 Å². The molecule has 2 N–H and O–H groups in total. The molecule has 104 valence electrons. The van der Waals surface area contributed by atoms with Crippen LogP contribution in [0.1, 0.15) is 40.0 Å². The van der Waals surface area contributed by atoms with Crippen LogP contribution in [0.2, 0.25) is 0 Å². The summed E-state index contributed by atoms with van der Waals surface area (Å²) in [6, 6.07) is -0.541. The Balaban J connectivity index is 2.54. The Morgan fingerprint density at radius 1 is 1.44 bits per heavy atom. The summed E-state index contributed by atoms with van der Waals surface area (Å²) in [5, 5.41) is 6.02. The highest BCUT2D eigenvalue weighted by molar-refractivity contribution is 5.85. The number of nitrogens with zero attached hydrogens (tertiary/aromatic N) is 1. The van der Waals surface area contributed by atoms with Gasteiger partial charge in [0.2, 0.25) is 11.8 Å². The SMILES string of the molecule is CCN(CC)C(=O)C(C)NC1CCCCNC1=O. The summed E-state index contributed by atoms with van der Waals surface area (Å²) in [5.41, 5.74) is 0. The second kappa shape index (κ2) is 7.36. The molecule has 1 fully saturated rings. The van der Waals surface area contributed by atoms with Crippen LogP contribution < -0.4 is 10.6 Å². The van der Waals surface area contributed by atoms with E-state index in [9.17, 15) is 9.59 Å². The predicted octanol–water partition coefficient (Wildman–Crippen LogP) is 0.502. The Labute approximate surface area is 109 Å². The molecule has 1 aliphatic heterocycles. The molecule has 2 amide bonds. The monoisotopic (exact) mass is 255 g/mol. The molecular formula is C13H25N3O2. The standard InChI is InChI=1S/C13H25N3O2/c1-4-16(5-2)13(18)10(3)15-11-8-6-7-9-14-12(11)17/h10-11,15H,4-9H2,1-3H3,(H,14,17). The van der Waals surface area contributed by atoms with Crippen molar-refractivity contribution in [2.24, 2.45) is 0 Å². The molecule has 1 rings (SSSR count). The second-order valence-electron chi connectivity index (χ2n) is 4.74. The highest BCUT2D eigenvalue weighted by atomic mass is 16.2. The molecule has 5 nitrogen and oxygen atoms in total. The van der Waals surface area contributed by atoms with Crippen LogP contribution in [-0.4, -0.2) is 48.4 Å². The molecular weight excluding hydrogens is 230 g/mol. The van der Waals surface area contributed by atoms with Crippen molar-refractivity contribution < 1.29 is 9.59 Å². The van der Waals surface area contributed by atoms with E-state index >= 15 is 0 Å². The third-order valence-corrected chi connectivity index (χ3v) is 3.43. The van der Waals surface area contributed by atoms with Crippen LogP contribution in [0.4, 0.5) is 0 Å². The lowest BCUT2D eigenvalue weighted by molar-refractivity contribution is -0.133. The van der Waals surface area contributed by atoms with Crippen LogP contribution in [0.25, 0.3) is 0 Å². The molecule has 0 aromatic heterocycles. The third kappa shape index (κ3) is 3.98. The van der Waals surface area contributed by atoms with Gasteiger partial charge in [-0.3, -0.25) is 14.9 Å². The Morgan fingerprint density at radius 3 is 2.72 bits per heavy atom. The smallest absolute Gasteiger partial charge is 0.239 e. The van der Waals surface area contributed by atoms with Gasteiger partial charge in [-0.05, 0) is 40.0 Å². The third-order valence-electron chi connectivity index (χ3n) is 3.43. The molecule has 1 heterocycles. The van der Waals surface area contributed by atoms with E-state index in [1.807, 2.05) is 20.8 Å². The quantitative estimate of drug-likeness (QED) is 0.752. The van der Waals surface area contributed by atoms with E-state index in [0.717, 1.165) is 25.8 Å². The lowest BCUT2D eigenvalue weighted by Crippen LogP contribution is -2.52. The number of likely N-dealkylation sites (N-methyl/N-ethyl adjacent to an activating group) is 1. The topological polar surface area (TPSA) is 61.4 Å². The van der Waals surface area contributed by atoms with Crippen LogP contribution in [0.3, 0.4) is 0 Å². The van der Waals surface area contributed by atoms with Gasteiger partial charge in [0, 0.05) is 19.6 Å². The minimum Gasteiger partial charge on any atom is -0.355 e. The molecule has 0 aliphatic carbocycles. The number of nitrogens with one attached hydrogen (secondary N) is 2. The van der Waals surface area contributed by atoms with E-state index in [2.05, 4.69) is 10.6 Å². The van der Waals surface area contributed by atoms with Crippen LogP contribution in [0, 0.1) is 0 Å². The molecule has 0 radical (unpaired) electrons. The highest BCUT2D eigenvalue weighted by Crippen LogP contribution is 2.07. The second-order valence-corrected chi connectivity index (χ2v) is 4.74. The van der Waals surface area contributed by atoms with Crippen molar-refractivity contribution in [1.29, 1.82) is 0 Å². The molecule has 0 bridgehead atoms. The van der Waals surface area contributed by atoms with Crippen LogP contribution in [0.15, 0.2) is 0 Å². The first kappa shape index (κ1) is 15.0. The zero-order valence-corrected chi connectivity index (χ0v) is 11.7. The Hall–Kier alpha value is -1.10. The zero-order chi connectivity index (χ0) is 13.5. The van der Waals surface area contributed by atoms with Gasteiger partial charge in [-0.15, -0.1) is 0 Å². The summed E-state index contributed by atoms with van der Waals surface area (Å²) in [6.07, 6.45) is 2.84. The van der Waals surface area contributed by atoms with E-state index in [-0.39, 0.29) is 23.9 Å². The maximum atomic E-state index is 12.1. The summed E-state index contributed by atoms with van der Waals surface area (Å²) < 4.78 is 0. The van der Waals surface area contributed by atoms with Crippen molar-refractivity contribution in [3.63, 3.8) is 0 Å². The fourth-order valence-corrected chi connectivity index (χ4v) is 2.28. The number of rotatable bonds is 5. The van der Waals surface area contributed by atoms with E-state index in [1.54, 1.807) is 4.90 Å². The van der Waals surface area contributed by atoms with Crippen molar-refractivity contribution in [2.75, 3.05) is 19.6 Å². The number of hydrogen-bond donors (Lipinski definition) is 2. The lowest BCUT2D eigenvalue weighted by atomic mass is 10.1. The van der Waals surface area contributed by atoms with Gasteiger partial charge in [-0.2, -0.15) is 0 Å². The average Bonchev–Trinajstić information content (AvgIpc) is 2.56. The first-order valence-electron chi connectivity index (χ1n) is 6.92. The number of amides is 2. The fraction of sp³-hybridized carbons (Fsp3) is 0.846. The molecule has 5 heteroatoms. The molecule has 0 spiro atoms. The molecule has 0 aromatic carbocycles. The summed E-state index contributed by atoms with van der Waals surface area (Å²) in [6.45, 7) is 7.92. The minimum atomic E-state index is -0.307. The number of carbonyl (C=O) groups is 2. The maximum absolute atomic E-state index is 12.1. The Morgan fingerprint density at radius 2 is 2.11 bits per heavy atom. The van der Waals surface area contributed by atoms with E-state index in [4.69, 9.17) is 0 Å². The van der Waals surface area contributed by atoms with Crippen molar-refractivity contribution >= 4 is 11.8 Å². The van der Waals surface area contributed by atoms with Crippen LogP contribution >= 0.6 is 0 Å².